The van der Waals surface area contributed by atoms with Gasteiger partial charge >= 0.3 is 6.61 Å². The van der Waals surface area contributed by atoms with Crippen molar-refractivity contribution in [2.75, 3.05) is 7.11 Å². The Balaban J connectivity index is 1.99. The summed E-state index contributed by atoms with van der Waals surface area (Å²) in [6, 6.07) is 11.6. The van der Waals surface area contributed by atoms with Crippen molar-refractivity contribution in [1.82, 2.24) is 5.32 Å². The molecule has 0 saturated heterocycles. The molecule has 2 aromatic rings. The molecule has 0 bridgehead atoms. The van der Waals surface area contributed by atoms with Crippen molar-refractivity contribution in [3.8, 4) is 17.2 Å². The summed E-state index contributed by atoms with van der Waals surface area (Å²) in [5, 5.41) is 2.64. The van der Waals surface area contributed by atoms with Crippen molar-refractivity contribution in [3.05, 3.63) is 59.7 Å². The van der Waals surface area contributed by atoms with Gasteiger partial charge in [0.2, 0.25) is 5.91 Å². The van der Waals surface area contributed by atoms with Crippen LogP contribution in [-0.2, 0) is 11.3 Å². The highest BCUT2D eigenvalue weighted by molar-refractivity contribution is 5.91. The van der Waals surface area contributed by atoms with Gasteiger partial charge in [-0.15, -0.1) is 0 Å². The number of ether oxygens (including phenoxy) is 3. The molecule has 7 heteroatoms. The fraction of sp³-hybridized carbons (Fsp3) is 0.286. The average molecular weight is 391 g/mol. The van der Waals surface area contributed by atoms with E-state index in [2.05, 4.69) is 10.1 Å². The van der Waals surface area contributed by atoms with Crippen molar-refractivity contribution < 1.29 is 27.8 Å². The van der Waals surface area contributed by atoms with Crippen molar-refractivity contribution in [2.24, 2.45) is 0 Å². The molecule has 0 aliphatic rings. The van der Waals surface area contributed by atoms with E-state index in [9.17, 15) is 13.6 Å². The molecule has 0 fully saturated rings. The van der Waals surface area contributed by atoms with Gasteiger partial charge in [-0.3, -0.25) is 4.79 Å². The van der Waals surface area contributed by atoms with E-state index in [0.29, 0.717) is 17.1 Å². The van der Waals surface area contributed by atoms with Crippen LogP contribution in [0, 0.1) is 0 Å². The van der Waals surface area contributed by atoms with E-state index >= 15 is 0 Å². The van der Waals surface area contributed by atoms with Gasteiger partial charge in [0.25, 0.3) is 0 Å². The molecule has 0 aromatic heterocycles. The summed E-state index contributed by atoms with van der Waals surface area (Å²) in [7, 11) is 1.54. The van der Waals surface area contributed by atoms with Gasteiger partial charge in [-0.1, -0.05) is 24.3 Å². The summed E-state index contributed by atoms with van der Waals surface area (Å²) >= 11 is 0. The van der Waals surface area contributed by atoms with Gasteiger partial charge in [0.1, 0.15) is 5.75 Å². The van der Waals surface area contributed by atoms with Crippen LogP contribution in [0.1, 0.15) is 25.0 Å². The Kier molecular flexibility index (Phi) is 7.80. The second kappa shape index (κ2) is 10.3. The zero-order valence-corrected chi connectivity index (χ0v) is 15.9. The third kappa shape index (κ3) is 6.57. The minimum atomic E-state index is -2.92. The van der Waals surface area contributed by atoms with Crippen LogP contribution in [0.4, 0.5) is 8.78 Å². The first-order chi connectivity index (χ1) is 13.4. The molecule has 150 valence electrons. The molecule has 2 rings (SSSR count). The predicted molar refractivity (Wildman–Crippen MR) is 103 cm³/mol. The number of alkyl halides is 2. The largest absolute Gasteiger partial charge is 0.493 e. The third-order valence-corrected chi connectivity index (χ3v) is 3.62. The van der Waals surface area contributed by atoms with E-state index in [1.165, 1.54) is 12.1 Å². The van der Waals surface area contributed by atoms with Gasteiger partial charge in [0.05, 0.1) is 13.2 Å². The summed E-state index contributed by atoms with van der Waals surface area (Å²) in [5.41, 5.74) is 1.21. The molecule has 28 heavy (non-hydrogen) atoms. The summed E-state index contributed by atoms with van der Waals surface area (Å²) in [6.07, 6.45) is 2.99. The molecule has 0 atom stereocenters. The molecule has 0 saturated carbocycles. The van der Waals surface area contributed by atoms with Crippen molar-refractivity contribution >= 4 is 12.0 Å². The minimum Gasteiger partial charge on any atom is -0.493 e. The first-order valence-corrected chi connectivity index (χ1v) is 8.72. The zero-order chi connectivity index (χ0) is 20.5. The molecule has 0 aliphatic carbocycles. The lowest BCUT2D eigenvalue weighted by Gasteiger charge is -2.13. The quantitative estimate of drug-likeness (QED) is 0.643. The third-order valence-electron chi connectivity index (χ3n) is 3.62. The van der Waals surface area contributed by atoms with Gasteiger partial charge in [-0.25, -0.2) is 0 Å². The normalized spacial score (nSPS) is 11.1. The second-order valence-electron chi connectivity index (χ2n) is 6.11. The summed E-state index contributed by atoms with van der Waals surface area (Å²) in [4.78, 5) is 12.0. The number of halogens is 2. The molecular weight excluding hydrogens is 368 g/mol. The standard InChI is InChI=1S/C21H23F2NO4/c1-14(2)27-18-10-8-15(12-19(18)26-3)9-11-20(25)24-13-16-6-4-5-7-17(16)28-21(22)23/h4-12,14,21H,13H2,1-3H3,(H,24,25)/b11-9+. The van der Waals surface area contributed by atoms with E-state index < -0.39 is 6.61 Å². The molecule has 0 spiro atoms. The Morgan fingerprint density at radius 1 is 1.07 bits per heavy atom. The van der Waals surface area contributed by atoms with E-state index in [1.807, 2.05) is 13.8 Å². The highest BCUT2D eigenvalue weighted by Gasteiger charge is 2.10. The first-order valence-electron chi connectivity index (χ1n) is 8.72. The lowest BCUT2D eigenvalue weighted by atomic mass is 10.1. The van der Waals surface area contributed by atoms with E-state index in [1.54, 1.807) is 49.6 Å². The average Bonchev–Trinajstić information content (AvgIpc) is 2.65. The smallest absolute Gasteiger partial charge is 0.387 e. The van der Waals surface area contributed by atoms with Crippen LogP contribution in [-0.4, -0.2) is 25.7 Å². The highest BCUT2D eigenvalue weighted by Crippen LogP contribution is 2.29. The Morgan fingerprint density at radius 3 is 2.50 bits per heavy atom. The van der Waals surface area contributed by atoms with E-state index in [0.717, 1.165) is 5.56 Å². The fourth-order valence-electron chi connectivity index (χ4n) is 2.41. The number of carbonyl (C=O) groups is 1. The van der Waals surface area contributed by atoms with Crippen LogP contribution in [0.25, 0.3) is 6.08 Å². The molecule has 0 heterocycles. The Bertz CT molecular complexity index is 822. The summed E-state index contributed by atoms with van der Waals surface area (Å²) < 4.78 is 40.3. The number of carbonyl (C=O) groups excluding carboxylic acids is 1. The topological polar surface area (TPSA) is 56.8 Å². The van der Waals surface area contributed by atoms with Crippen molar-refractivity contribution in [2.45, 2.75) is 33.1 Å². The monoisotopic (exact) mass is 391 g/mol. The lowest BCUT2D eigenvalue weighted by Crippen LogP contribution is -2.21. The van der Waals surface area contributed by atoms with Gasteiger partial charge in [0.15, 0.2) is 11.5 Å². The number of hydrogen-bond acceptors (Lipinski definition) is 4. The highest BCUT2D eigenvalue weighted by atomic mass is 19.3. The summed E-state index contributed by atoms with van der Waals surface area (Å²) in [6.45, 7) is 0.982. The maximum Gasteiger partial charge on any atom is 0.387 e. The van der Waals surface area contributed by atoms with Gasteiger partial charge < -0.3 is 19.5 Å². The number of methoxy groups -OCH3 is 1. The molecular formula is C21H23F2NO4. The Hall–Kier alpha value is -3.09. The maximum absolute atomic E-state index is 12.4. The van der Waals surface area contributed by atoms with Gasteiger partial charge in [-0.2, -0.15) is 8.78 Å². The zero-order valence-electron chi connectivity index (χ0n) is 15.9. The number of benzene rings is 2. The van der Waals surface area contributed by atoms with Gasteiger partial charge in [-0.05, 0) is 43.7 Å². The fourth-order valence-corrected chi connectivity index (χ4v) is 2.41. The molecule has 0 aliphatic heterocycles. The van der Waals surface area contributed by atoms with Gasteiger partial charge in [0, 0.05) is 18.2 Å². The number of hydrogen-bond donors (Lipinski definition) is 1. The number of nitrogens with one attached hydrogen (secondary N) is 1. The minimum absolute atomic E-state index is 0.0120. The Morgan fingerprint density at radius 2 is 1.82 bits per heavy atom. The maximum atomic E-state index is 12.4. The summed E-state index contributed by atoms with van der Waals surface area (Å²) in [5.74, 6) is 0.852. The number of rotatable bonds is 9. The van der Waals surface area contributed by atoms with Crippen LogP contribution < -0.4 is 19.5 Å². The van der Waals surface area contributed by atoms with Crippen molar-refractivity contribution in [3.63, 3.8) is 0 Å². The molecule has 1 N–H and O–H groups in total. The number of amides is 1. The molecule has 5 nitrogen and oxygen atoms in total. The molecule has 0 unspecified atom stereocenters. The van der Waals surface area contributed by atoms with Crippen LogP contribution in [0.5, 0.6) is 17.2 Å². The second-order valence-corrected chi connectivity index (χ2v) is 6.11. The number of para-hydroxylation sites is 1. The SMILES string of the molecule is COc1cc(/C=C/C(=O)NCc2ccccc2OC(F)F)ccc1OC(C)C. The molecule has 0 radical (unpaired) electrons. The predicted octanol–water partition coefficient (Wildman–Crippen LogP) is 4.41. The van der Waals surface area contributed by atoms with Crippen LogP contribution in [0.3, 0.4) is 0 Å². The van der Waals surface area contributed by atoms with Crippen LogP contribution >= 0.6 is 0 Å². The van der Waals surface area contributed by atoms with Crippen molar-refractivity contribution in [1.29, 1.82) is 0 Å². The lowest BCUT2D eigenvalue weighted by molar-refractivity contribution is -0.116. The first kappa shape index (κ1) is 21.2. The van der Waals surface area contributed by atoms with E-state index in [4.69, 9.17) is 9.47 Å². The van der Waals surface area contributed by atoms with Crippen LogP contribution in [0.15, 0.2) is 48.5 Å². The van der Waals surface area contributed by atoms with Crippen LogP contribution in [0.2, 0.25) is 0 Å². The molecule has 1 amide bonds. The molecule has 2 aromatic carbocycles. The Labute approximate surface area is 162 Å². The van der Waals surface area contributed by atoms with E-state index in [-0.39, 0.29) is 24.3 Å².